The fourth-order valence-electron chi connectivity index (χ4n) is 1.43. The van der Waals surface area contributed by atoms with Crippen LogP contribution in [0.2, 0.25) is 0 Å². The molecule has 1 aliphatic carbocycles. The minimum absolute atomic E-state index is 0.0857. The largest absolute Gasteiger partial charge is 0.468 e. The van der Waals surface area contributed by atoms with Gasteiger partial charge in [0, 0.05) is 6.04 Å². The van der Waals surface area contributed by atoms with Gasteiger partial charge in [0.2, 0.25) is 0 Å². The maximum absolute atomic E-state index is 11.5. The Balaban J connectivity index is 2.47. The normalized spacial score (nSPS) is 20.6. The van der Waals surface area contributed by atoms with Crippen molar-refractivity contribution >= 4 is 5.97 Å². The molecule has 0 aromatic heterocycles. The highest BCUT2D eigenvalue weighted by molar-refractivity contribution is 5.76. The molecule has 0 aromatic carbocycles. The van der Waals surface area contributed by atoms with Crippen molar-refractivity contribution < 1.29 is 9.53 Å². The lowest BCUT2D eigenvalue weighted by atomic mass is 10.0. The number of methoxy groups -OCH3 is 1. The highest BCUT2D eigenvalue weighted by atomic mass is 16.5. The standard InChI is InChI=1S/C11H21NO2/c1-7(2)8(3)12-10(9-5-6-9)11(13)14-4/h7-10,12H,5-6H2,1-4H3. The van der Waals surface area contributed by atoms with Crippen molar-refractivity contribution in [3.05, 3.63) is 0 Å². The van der Waals surface area contributed by atoms with Gasteiger partial charge in [0.15, 0.2) is 0 Å². The number of nitrogens with one attached hydrogen (secondary N) is 1. The van der Waals surface area contributed by atoms with E-state index >= 15 is 0 Å². The van der Waals surface area contributed by atoms with Gasteiger partial charge in [-0.05, 0) is 31.6 Å². The maximum Gasteiger partial charge on any atom is 0.323 e. The molecule has 1 aliphatic rings. The first-order valence-corrected chi connectivity index (χ1v) is 5.40. The molecular weight excluding hydrogens is 178 g/mol. The van der Waals surface area contributed by atoms with Crippen LogP contribution in [0.5, 0.6) is 0 Å². The zero-order chi connectivity index (χ0) is 10.7. The maximum atomic E-state index is 11.5. The molecule has 1 saturated carbocycles. The van der Waals surface area contributed by atoms with Crippen molar-refractivity contribution in [1.29, 1.82) is 0 Å². The average Bonchev–Trinajstić information content (AvgIpc) is 2.95. The summed E-state index contributed by atoms with van der Waals surface area (Å²) in [6.07, 6.45) is 2.30. The van der Waals surface area contributed by atoms with Gasteiger partial charge < -0.3 is 10.1 Å². The topological polar surface area (TPSA) is 38.3 Å². The zero-order valence-corrected chi connectivity index (χ0v) is 9.54. The van der Waals surface area contributed by atoms with Gasteiger partial charge in [-0.15, -0.1) is 0 Å². The summed E-state index contributed by atoms with van der Waals surface area (Å²) in [4.78, 5) is 11.5. The molecule has 3 heteroatoms. The lowest BCUT2D eigenvalue weighted by Crippen LogP contribution is -2.46. The summed E-state index contributed by atoms with van der Waals surface area (Å²) in [5.74, 6) is 0.935. The molecule has 14 heavy (non-hydrogen) atoms. The van der Waals surface area contributed by atoms with Crippen LogP contribution in [-0.2, 0) is 9.53 Å². The number of esters is 1. The molecule has 1 N–H and O–H groups in total. The summed E-state index contributed by atoms with van der Waals surface area (Å²) in [5, 5.41) is 3.35. The molecule has 1 fully saturated rings. The molecule has 0 spiro atoms. The quantitative estimate of drug-likeness (QED) is 0.683. The van der Waals surface area contributed by atoms with Gasteiger partial charge in [-0.1, -0.05) is 13.8 Å². The first kappa shape index (κ1) is 11.5. The summed E-state index contributed by atoms with van der Waals surface area (Å²) in [5.41, 5.74) is 0. The summed E-state index contributed by atoms with van der Waals surface area (Å²) in [6.45, 7) is 6.42. The Hall–Kier alpha value is -0.570. The highest BCUT2D eigenvalue weighted by Crippen LogP contribution is 2.33. The molecule has 3 nitrogen and oxygen atoms in total. The average molecular weight is 199 g/mol. The van der Waals surface area contributed by atoms with Crippen LogP contribution < -0.4 is 5.32 Å². The smallest absolute Gasteiger partial charge is 0.323 e. The minimum atomic E-state index is -0.111. The Bertz CT molecular complexity index is 199. The van der Waals surface area contributed by atoms with Crippen LogP contribution in [0.25, 0.3) is 0 Å². The number of rotatable bonds is 5. The molecule has 2 atom stereocenters. The highest BCUT2D eigenvalue weighted by Gasteiger charge is 2.37. The second-order valence-corrected chi connectivity index (χ2v) is 4.54. The molecular formula is C11H21NO2. The van der Waals surface area contributed by atoms with Crippen molar-refractivity contribution in [2.45, 2.75) is 45.7 Å². The fraction of sp³-hybridized carbons (Fsp3) is 0.909. The Morgan fingerprint density at radius 1 is 1.36 bits per heavy atom. The number of ether oxygens (including phenoxy) is 1. The molecule has 0 saturated heterocycles. The molecule has 0 heterocycles. The third-order valence-corrected chi connectivity index (χ3v) is 2.99. The predicted octanol–water partition coefficient (Wildman–Crippen LogP) is 1.57. The van der Waals surface area contributed by atoms with Gasteiger partial charge in [0.05, 0.1) is 7.11 Å². The summed E-state index contributed by atoms with van der Waals surface area (Å²) in [7, 11) is 1.46. The van der Waals surface area contributed by atoms with Crippen LogP contribution in [0.15, 0.2) is 0 Å². The van der Waals surface area contributed by atoms with E-state index in [2.05, 4.69) is 26.1 Å². The van der Waals surface area contributed by atoms with E-state index in [-0.39, 0.29) is 12.0 Å². The number of hydrogen-bond acceptors (Lipinski definition) is 3. The van der Waals surface area contributed by atoms with Crippen molar-refractivity contribution in [3.8, 4) is 0 Å². The monoisotopic (exact) mass is 199 g/mol. The number of hydrogen-bond donors (Lipinski definition) is 1. The van der Waals surface area contributed by atoms with E-state index in [1.54, 1.807) is 0 Å². The lowest BCUT2D eigenvalue weighted by molar-refractivity contribution is -0.144. The molecule has 0 aromatic rings. The molecule has 0 radical (unpaired) electrons. The Morgan fingerprint density at radius 3 is 2.29 bits per heavy atom. The van der Waals surface area contributed by atoms with Crippen LogP contribution in [-0.4, -0.2) is 25.2 Å². The second kappa shape index (κ2) is 4.78. The third-order valence-electron chi connectivity index (χ3n) is 2.99. The van der Waals surface area contributed by atoms with E-state index in [1.807, 2.05) is 0 Å². The molecule has 0 bridgehead atoms. The van der Waals surface area contributed by atoms with Crippen LogP contribution in [0.4, 0.5) is 0 Å². The van der Waals surface area contributed by atoms with Crippen molar-refractivity contribution in [2.75, 3.05) is 7.11 Å². The number of carbonyl (C=O) groups excluding carboxylic acids is 1. The second-order valence-electron chi connectivity index (χ2n) is 4.54. The van der Waals surface area contributed by atoms with Crippen LogP contribution >= 0.6 is 0 Å². The molecule has 1 rings (SSSR count). The van der Waals surface area contributed by atoms with Gasteiger partial charge in [0.25, 0.3) is 0 Å². The summed E-state index contributed by atoms with van der Waals surface area (Å²) < 4.78 is 4.79. The first-order valence-electron chi connectivity index (χ1n) is 5.40. The molecule has 0 aliphatic heterocycles. The van der Waals surface area contributed by atoms with Crippen molar-refractivity contribution in [1.82, 2.24) is 5.32 Å². The summed E-state index contributed by atoms with van der Waals surface area (Å²) in [6, 6.07) is 0.275. The van der Waals surface area contributed by atoms with E-state index in [0.29, 0.717) is 17.9 Å². The Kier molecular flexibility index (Phi) is 3.93. The molecule has 2 unspecified atom stereocenters. The van der Waals surface area contributed by atoms with Gasteiger partial charge >= 0.3 is 5.97 Å². The van der Waals surface area contributed by atoms with Crippen molar-refractivity contribution in [3.63, 3.8) is 0 Å². The predicted molar refractivity (Wildman–Crippen MR) is 56.0 cm³/mol. The third kappa shape index (κ3) is 2.98. The van der Waals surface area contributed by atoms with Gasteiger partial charge in [-0.3, -0.25) is 4.79 Å². The molecule has 0 amide bonds. The van der Waals surface area contributed by atoms with Crippen LogP contribution in [0, 0.1) is 11.8 Å². The zero-order valence-electron chi connectivity index (χ0n) is 9.54. The fourth-order valence-corrected chi connectivity index (χ4v) is 1.43. The number of carbonyl (C=O) groups is 1. The van der Waals surface area contributed by atoms with E-state index < -0.39 is 0 Å². The van der Waals surface area contributed by atoms with Gasteiger partial charge in [-0.2, -0.15) is 0 Å². The Labute approximate surface area is 86.2 Å². The lowest BCUT2D eigenvalue weighted by Gasteiger charge is -2.23. The Morgan fingerprint density at radius 2 is 1.93 bits per heavy atom. The SMILES string of the molecule is COC(=O)C(NC(C)C(C)C)C1CC1. The van der Waals surface area contributed by atoms with Gasteiger partial charge in [-0.25, -0.2) is 0 Å². The molecule has 82 valence electrons. The summed E-state index contributed by atoms with van der Waals surface area (Å²) >= 11 is 0. The van der Waals surface area contributed by atoms with E-state index in [0.717, 1.165) is 12.8 Å². The van der Waals surface area contributed by atoms with Crippen molar-refractivity contribution in [2.24, 2.45) is 11.8 Å². The van der Waals surface area contributed by atoms with E-state index in [9.17, 15) is 4.79 Å². The first-order chi connectivity index (χ1) is 6.56. The van der Waals surface area contributed by atoms with Gasteiger partial charge in [0.1, 0.15) is 6.04 Å². The van der Waals surface area contributed by atoms with E-state index in [1.165, 1.54) is 7.11 Å². The minimum Gasteiger partial charge on any atom is -0.468 e. The van der Waals surface area contributed by atoms with Crippen LogP contribution in [0.1, 0.15) is 33.6 Å². The van der Waals surface area contributed by atoms with E-state index in [4.69, 9.17) is 4.74 Å². The van der Waals surface area contributed by atoms with Crippen LogP contribution in [0.3, 0.4) is 0 Å².